The summed E-state index contributed by atoms with van der Waals surface area (Å²) in [6.45, 7) is 4.52. The molecule has 41 heavy (non-hydrogen) atoms. The number of carbonyl (C=O) groups excluding carboxylic acids is 2. The van der Waals surface area contributed by atoms with E-state index in [1.54, 1.807) is 30.6 Å². The van der Waals surface area contributed by atoms with Gasteiger partial charge >= 0.3 is 6.18 Å². The highest BCUT2D eigenvalue weighted by Gasteiger charge is 2.27. The molecule has 2 heterocycles. The van der Waals surface area contributed by atoms with Gasteiger partial charge < -0.3 is 15.4 Å². The van der Waals surface area contributed by atoms with Crippen molar-refractivity contribution in [2.45, 2.75) is 19.0 Å². The second-order valence-corrected chi connectivity index (χ2v) is 9.82. The van der Waals surface area contributed by atoms with Gasteiger partial charge in [-0.25, -0.2) is 4.98 Å². The predicted octanol–water partition coefficient (Wildman–Crippen LogP) is 5.04. The number of imidazole rings is 1. The second-order valence-electron chi connectivity index (χ2n) is 9.82. The number of morpholine rings is 1. The van der Waals surface area contributed by atoms with E-state index >= 15 is 0 Å². The lowest BCUT2D eigenvalue weighted by molar-refractivity contribution is -0.142. The molecule has 0 atom stereocenters. The number of benzene rings is 3. The Morgan fingerprint density at radius 3 is 2.54 bits per heavy atom. The molecule has 3 aromatic carbocycles. The number of amides is 2. The molecule has 1 fully saturated rings. The summed E-state index contributed by atoms with van der Waals surface area (Å²) in [4.78, 5) is 31.5. The predicted molar refractivity (Wildman–Crippen MR) is 150 cm³/mol. The van der Waals surface area contributed by atoms with Crippen LogP contribution in [0.25, 0.3) is 27.8 Å². The van der Waals surface area contributed by atoms with E-state index in [-0.39, 0.29) is 5.91 Å². The minimum Gasteiger partial charge on any atom is -0.379 e. The van der Waals surface area contributed by atoms with E-state index < -0.39 is 24.9 Å². The molecular weight excluding hydrogens is 535 g/mol. The van der Waals surface area contributed by atoms with Crippen molar-refractivity contribution in [2.75, 3.05) is 44.7 Å². The van der Waals surface area contributed by atoms with Crippen LogP contribution in [-0.2, 0) is 9.53 Å². The number of carbonyl (C=O) groups is 2. The van der Waals surface area contributed by atoms with E-state index in [1.165, 1.54) is 0 Å². The van der Waals surface area contributed by atoms with Crippen molar-refractivity contribution in [2.24, 2.45) is 0 Å². The summed E-state index contributed by atoms with van der Waals surface area (Å²) in [6.07, 6.45) is -4.54. The van der Waals surface area contributed by atoms with Gasteiger partial charge in [-0.1, -0.05) is 24.3 Å². The molecule has 5 rings (SSSR count). The Morgan fingerprint density at radius 1 is 0.951 bits per heavy atom. The van der Waals surface area contributed by atoms with E-state index in [0.717, 1.165) is 55.0 Å². The normalized spacial score (nSPS) is 14.2. The molecule has 1 aromatic heterocycles. The summed E-state index contributed by atoms with van der Waals surface area (Å²) in [5.41, 5.74) is 4.98. The fourth-order valence-corrected chi connectivity index (χ4v) is 4.70. The molecule has 11 heteroatoms. The van der Waals surface area contributed by atoms with E-state index in [4.69, 9.17) is 4.74 Å². The zero-order valence-electron chi connectivity index (χ0n) is 22.3. The summed E-state index contributed by atoms with van der Waals surface area (Å²) in [5.74, 6) is -0.830. The third-order valence-electron chi connectivity index (χ3n) is 6.87. The summed E-state index contributed by atoms with van der Waals surface area (Å²) in [6, 6.07) is 20.1. The summed E-state index contributed by atoms with van der Waals surface area (Å²) in [5, 5.41) is 5.52. The maximum absolute atomic E-state index is 12.8. The number of fused-ring (bicyclic) bond motifs is 1. The first-order chi connectivity index (χ1) is 19.7. The Hall–Kier alpha value is -4.22. The molecular formula is C30H30F3N5O3. The van der Waals surface area contributed by atoms with Crippen LogP contribution in [0.4, 0.5) is 18.9 Å². The highest BCUT2D eigenvalue weighted by Crippen LogP contribution is 2.27. The van der Waals surface area contributed by atoms with Gasteiger partial charge in [0.2, 0.25) is 5.91 Å². The van der Waals surface area contributed by atoms with Crippen LogP contribution < -0.4 is 10.6 Å². The zero-order valence-corrected chi connectivity index (χ0v) is 22.3. The minimum absolute atomic E-state index is 0.129. The minimum atomic E-state index is -4.38. The molecule has 214 valence electrons. The number of nitrogens with one attached hydrogen (secondary N) is 2. The monoisotopic (exact) mass is 565 g/mol. The van der Waals surface area contributed by atoms with Crippen LogP contribution in [-0.4, -0.2) is 71.8 Å². The van der Waals surface area contributed by atoms with Gasteiger partial charge in [-0.3, -0.25) is 19.1 Å². The molecule has 1 saturated heterocycles. The summed E-state index contributed by atoms with van der Waals surface area (Å²) in [7, 11) is 0. The van der Waals surface area contributed by atoms with Crippen molar-refractivity contribution in [1.82, 2.24) is 19.8 Å². The largest absolute Gasteiger partial charge is 0.389 e. The molecule has 0 bridgehead atoms. The molecule has 2 amide bonds. The molecule has 0 spiro atoms. The van der Waals surface area contributed by atoms with Gasteiger partial charge in [-0.2, -0.15) is 13.2 Å². The molecule has 1 aliphatic rings. The van der Waals surface area contributed by atoms with E-state index in [0.29, 0.717) is 23.5 Å². The number of alkyl halides is 3. The van der Waals surface area contributed by atoms with E-state index in [2.05, 4.69) is 20.5 Å². The van der Waals surface area contributed by atoms with Gasteiger partial charge in [0.1, 0.15) is 6.33 Å². The van der Waals surface area contributed by atoms with Gasteiger partial charge in [-0.05, 0) is 53.6 Å². The quantitative estimate of drug-likeness (QED) is 0.297. The van der Waals surface area contributed by atoms with Crippen LogP contribution in [0.5, 0.6) is 0 Å². The fourth-order valence-electron chi connectivity index (χ4n) is 4.70. The average molecular weight is 566 g/mol. The third kappa shape index (κ3) is 7.50. The fraction of sp³-hybridized carbons (Fsp3) is 0.300. The SMILES string of the molecule is O=C(CCC(F)(F)F)Nc1cccc(-n2cnc3cc(-c4cccc(C(=O)NCCN5CCOCC5)c4)ccc32)c1. The number of ether oxygens (including phenoxy) is 1. The highest BCUT2D eigenvalue weighted by molar-refractivity contribution is 5.96. The molecule has 8 nitrogen and oxygen atoms in total. The smallest absolute Gasteiger partial charge is 0.379 e. The number of aromatic nitrogens is 2. The van der Waals surface area contributed by atoms with Crippen molar-refractivity contribution in [1.29, 1.82) is 0 Å². The first-order valence-corrected chi connectivity index (χ1v) is 13.4. The lowest BCUT2D eigenvalue weighted by Gasteiger charge is -2.26. The molecule has 1 aliphatic heterocycles. The maximum atomic E-state index is 12.8. The first kappa shape index (κ1) is 28.3. The van der Waals surface area contributed by atoms with Crippen molar-refractivity contribution in [3.05, 3.63) is 78.6 Å². The number of anilines is 1. The lowest BCUT2D eigenvalue weighted by Crippen LogP contribution is -2.41. The molecule has 0 unspecified atom stereocenters. The average Bonchev–Trinajstić information content (AvgIpc) is 3.40. The van der Waals surface area contributed by atoms with Crippen LogP contribution in [0.15, 0.2) is 73.1 Å². The van der Waals surface area contributed by atoms with Gasteiger partial charge in [-0.15, -0.1) is 0 Å². The number of hydrogen-bond acceptors (Lipinski definition) is 5. The number of nitrogens with zero attached hydrogens (tertiary/aromatic N) is 3. The van der Waals surface area contributed by atoms with Crippen LogP contribution in [0.1, 0.15) is 23.2 Å². The van der Waals surface area contributed by atoms with E-state index in [9.17, 15) is 22.8 Å². The van der Waals surface area contributed by atoms with Gasteiger partial charge in [0, 0.05) is 49.5 Å². The van der Waals surface area contributed by atoms with Crippen LogP contribution in [0, 0.1) is 0 Å². The van der Waals surface area contributed by atoms with Crippen LogP contribution >= 0.6 is 0 Å². The van der Waals surface area contributed by atoms with Crippen molar-refractivity contribution < 1.29 is 27.5 Å². The molecule has 0 saturated carbocycles. The summed E-state index contributed by atoms with van der Waals surface area (Å²) < 4.78 is 44.5. The van der Waals surface area contributed by atoms with Crippen molar-refractivity contribution in [3.8, 4) is 16.8 Å². The Morgan fingerprint density at radius 2 is 1.73 bits per heavy atom. The van der Waals surface area contributed by atoms with Gasteiger partial charge in [0.15, 0.2) is 0 Å². The van der Waals surface area contributed by atoms with E-state index in [1.807, 2.05) is 47.0 Å². The third-order valence-corrected chi connectivity index (χ3v) is 6.87. The van der Waals surface area contributed by atoms with Crippen molar-refractivity contribution >= 4 is 28.5 Å². The van der Waals surface area contributed by atoms with Gasteiger partial charge in [0.25, 0.3) is 5.91 Å². The maximum Gasteiger partial charge on any atom is 0.389 e. The second kappa shape index (κ2) is 12.5. The molecule has 0 radical (unpaired) electrons. The number of hydrogen-bond donors (Lipinski definition) is 2. The topological polar surface area (TPSA) is 88.5 Å². The Balaban J connectivity index is 1.27. The highest BCUT2D eigenvalue weighted by atomic mass is 19.4. The number of rotatable bonds is 9. The van der Waals surface area contributed by atoms with Crippen molar-refractivity contribution in [3.63, 3.8) is 0 Å². The lowest BCUT2D eigenvalue weighted by atomic mass is 10.0. The van der Waals surface area contributed by atoms with Gasteiger partial charge in [0.05, 0.1) is 30.7 Å². The van der Waals surface area contributed by atoms with Crippen LogP contribution in [0.3, 0.4) is 0 Å². The molecule has 4 aromatic rings. The standard InChI is InChI=1S/C30H30F3N5O3/c31-30(32,33)10-9-28(39)36-24-5-2-6-25(19-24)38-20-35-26-18-22(7-8-27(26)38)21-3-1-4-23(17-21)29(40)34-11-12-37-13-15-41-16-14-37/h1-8,17-20H,9-16H2,(H,34,40)(H,36,39). The van der Waals surface area contributed by atoms with Crippen LogP contribution in [0.2, 0.25) is 0 Å². The molecule has 2 N–H and O–H groups in total. The molecule has 0 aliphatic carbocycles. The summed E-state index contributed by atoms with van der Waals surface area (Å²) >= 11 is 0. The number of halogens is 3. The Labute approximate surface area is 235 Å². The Bertz CT molecular complexity index is 1530. The zero-order chi connectivity index (χ0) is 28.8. The Kier molecular flexibility index (Phi) is 8.65. The first-order valence-electron chi connectivity index (χ1n) is 13.4.